The third-order valence-electron chi connectivity index (χ3n) is 3.89. The highest BCUT2D eigenvalue weighted by molar-refractivity contribution is 6.03. The van der Waals surface area contributed by atoms with E-state index in [4.69, 9.17) is 4.99 Å². The Labute approximate surface area is 114 Å². The van der Waals surface area contributed by atoms with Crippen LogP contribution in [0.1, 0.15) is 45.2 Å². The molecule has 0 saturated carbocycles. The van der Waals surface area contributed by atoms with Crippen LogP contribution in [0, 0.1) is 5.92 Å². The van der Waals surface area contributed by atoms with Crippen molar-refractivity contribution in [1.29, 1.82) is 0 Å². The van der Waals surface area contributed by atoms with Crippen molar-refractivity contribution in [2.24, 2.45) is 10.9 Å². The molecule has 1 aliphatic heterocycles. The Bertz CT molecular complexity index is 622. The van der Waals surface area contributed by atoms with Gasteiger partial charge in [-0.2, -0.15) is 5.10 Å². The molecular weight excluding hydrogens is 234 g/mol. The molecule has 2 heterocycles. The average Bonchev–Trinajstić information content (AvgIpc) is 2.82. The van der Waals surface area contributed by atoms with E-state index in [1.165, 1.54) is 28.6 Å². The molecule has 3 rings (SSSR count). The smallest absolute Gasteiger partial charge is 0.0685 e. The Morgan fingerprint density at radius 3 is 2.84 bits per heavy atom. The van der Waals surface area contributed by atoms with E-state index in [1.54, 1.807) is 0 Å². The molecule has 100 valence electrons. The molecule has 0 bridgehead atoms. The van der Waals surface area contributed by atoms with Crippen LogP contribution >= 0.6 is 0 Å². The topological polar surface area (TPSA) is 30.2 Å². The van der Waals surface area contributed by atoms with Gasteiger partial charge in [0, 0.05) is 23.7 Å². The van der Waals surface area contributed by atoms with E-state index in [-0.39, 0.29) is 0 Å². The third-order valence-corrected chi connectivity index (χ3v) is 3.89. The summed E-state index contributed by atoms with van der Waals surface area (Å²) in [5.41, 5.74) is 3.74. The van der Waals surface area contributed by atoms with Crippen LogP contribution in [0.2, 0.25) is 0 Å². The first-order valence-electron chi connectivity index (χ1n) is 7.16. The van der Waals surface area contributed by atoms with Crippen molar-refractivity contribution < 1.29 is 0 Å². The van der Waals surface area contributed by atoms with Crippen LogP contribution in [0.25, 0.3) is 10.9 Å². The summed E-state index contributed by atoms with van der Waals surface area (Å²) in [5, 5.41) is 5.69. The summed E-state index contributed by atoms with van der Waals surface area (Å²) >= 11 is 0. The minimum atomic E-state index is 0.399. The maximum atomic E-state index is 4.72. The largest absolute Gasteiger partial charge is 0.289 e. The fourth-order valence-electron chi connectivity index (χ4n) is 2.70. The lowest BCUT2D eigenvalue weighted by molar-refractivity contribution is 0.538. The molecule has 0 fully saturated rings. The lowest BCUT2D eigenvalue weighted by Crippen LogP contribution is -2.14. The summed E-state index contributed by atoms with van der Waals surface area (Å²) in [6, 6.07) is 7.00. The van der Waals surface area contributed by atoms with Crippen molar-refractivity contribution in [2.45, 2.75) is 39.7 Å². The van der Waals surface area contributed by atoms with Crippen molar-refractivity contribution in [3.8, 4) is 0 Å². The lowest BCUT2D eigenvalue weighted by atomic mass is 9.95. The van der Waals surface area contributed by atoms with Gasteiger partial charge in [-0.1, -0.05) is 13.0 Å². The summed E-state index contributed by atoms with van der Waals surface area (Å²) in [6.45, 7) is 7.56. The van der Waals surface area contributed by atoms with Gasteiger partial charge < -0.3 is 0 Å². The number of aromatic nitrogens is 2. The molecule has 0 radical (unpaired) electrons. The molecule has 0 amide bonds. The first kappa shape index (κ1) is 12.4. The standard InChI is InChI=1S/C16H21N3/c1-11(2)19-16-7-5-13(8-14(16)10-18-19)15-6-4-12(3)9-17-15/h5,7-8,10-12H,4,6,9H2,1-3H3. The normalized spacial score (nSPS) is 20.0. The second kappa shape index (κ2) is 4.80. The molecular formula is C16H21N3. The maximum Gasteiger partial charge on any atom is 0.0685 e. The SMILES string of the molecule is CC1CCC(c2ccc3c(cnn3C(C)C)c2)=NC1. The fourth-order valence-corrected chi connectivity index (χ4v) is 2.70. The first-order valence-corrected chi connectivity index (χ1v) is 7.16. The third kappa shape index (κ3) is 2.29. The van der Waals surface area contributed by atoms with E-state index in [0.29, 0.717) is 6.04 Å². The highest BCUT2D eigenvalue weighted by Gasteiger charge is 2.14. The van der Waals surface area contributed by atoms with Crippen molar-refractivity contribution in [3.05, 3.63) is 30.0 Å². The van der Waals surface area contributed by atoms with Crippen molar-refractivity contribution in [1.82, 2.24) is 9.78 Å². The zero-order valence-corrected chi connectivity index (χ0v) is 11.9. The molecule has 2 aromatic rings. The molecule has 0 spiro atoms. The molecule has 1 atom stereocenters. The quantitative estimate of drug-likeness (QED) is 0.802. The van der Waals surface area contributed by atoms with Gasteiger partial charge in [0.15, 0.2) is 0 Å². The number of rotatable bonds is 2. The predicted octanol–water partition coefficient (Wildman–Crippen LogP) is 3.84. The highest BCUT2D eigenvalue weighted by Crippen LogP contribution is 2.23. The fraction of sp³-hybridized carbons (Fsp3) is 0.500. The molecule has 3 nitrogen and oxygen atoms in total. The van der Waals surface area contributed by atoms with Crippen molar-refractivity contribution >= 4 is 16.6 Å². The predicted molar refractivity (Wildman–Crippen MR) is 79.9 cm³/mol. The Balaban J connectivity index is 1.99. The van der Waals surface area contributed by atoms with Crippen molar-refractivity contribution in [3.63, 3.8) is 0 Å². The van der Waals surface area contributed by atoms with Gasteiger partial charge in [0.1, 0.15) is 0 Å². The van der Waals surface area contributed by atoms with Gasteiger partial charge in [-0.15, -0.1) is 0 Å². The van der Waals surface area contributed by atoms with Gasteiger partial charge in [-0.25, -0.2) is 0 Å². The van der Waals surface area contributed by atoms with E-state index in [1.807, 2.05) is 6.20 Å². The molecule has 1 aliphatic rings. The van der Waals surface area contributed by atoms with Gasteiger partial charge in [0.25, 0.3) is 0 Å². The van der Waals surface area contributed by atoms with Gasteiger partial charge in [-0.05, 0) is 50.3 Å². The second-order valence-corrected chi connectivity index (χ2v) is 5.89. The first-order chi connectivity index (χ1) is 9.15. The Morgan fingerprint density at radius 2 is 2.16 bits per heavy atom. The Morgan fingerprint density at radius 1 is 1.32 bits per heavy atom. The molecule has 1 unspecified atom stereocenters. The number of benzene rings is 1. The van der Waals surface area contributed by atoms with E-state index in [9.17, 15) is 0 Å². The summed E-state index contributed by atoms with van der Waals surface area (Å²) < 4.78 is 2.07. The van der Waals surface area contributed by atoms with E-state index < -0.39 is 0 Å². The zero-order chi connectivity index (χ0) is 13.4. The van der Waals surface area contributed by atoms with E-state index >= 15 is 0 Å². The minimum absolute atomic E-state index is 0.399. The van der Waals surface area contributed by atoms with Crippen molar-refractivity contribution in [2.75, 3.05) is 6.54 Å². The molecule has 19 heavy (non-hydrogen) atoms. The Kier molecular flexibility index (Phi) is 3.13. The molecule has 0 saturated heterocycles. The van der Waals surface area contributed by atoms with Crippen LogP contribution in [0.3, 0.4) is 0 Å². The summed E-state index contributed by atoms with van der Waals surface area (Å²) in [5.74, 6) is 0.733. The van der Waals surface area contributed by atoms with Crippen LogP contribution in [0.4, 0.5) is 0 Å². The van der Waals surface area contributed by atoms with Gasteiger partial charge >= 0.3 is 0 Å². The maximum absolute atomic E-state index is 4.72. The van der Waals surface area contributed by atoms with E-state index in [2.05, 4.69) is 48.8 Å². The Hall–Kier alpha value is -1.64. The van der Waals surface area contributed by atoms with Crippen LogP contribution in [0.15, 0.2) is 29.4 Å². The number of nitrogens with zero attached hydrogens (tertiary/aromatic N) is 3. The number of hydrogen-bond acceptors (Lipinski definition) is 2. The zero-order valence-electron chi connectivity index (χ0n) is 11.9. The molecule has 1 aromatic carbocycles. The number of fused-ring (bicyclic) bond motifs is 1. The summed E-state index contributed by atoms with van der Waals surface area (Å²) in [7, 11) is 0. The molecule has 0 N–H and O–H groups in total. The van der Waals surface area contributed by atoms with Crippen LogP contribution < -0.4 is 0 Å². The second-order valence-electron chi connectivity index (χ2n) is 5.89. The minimum Gasteiger partial charge on any atom is -0.289 e. The number of aliphatic imine (C=N–C) groups is 1. The van der Waals surface area contributed by atoms with Crippen LogP contribution in [-0.4, -0.2) is 22.0 Å². The summed E-state index contributed by atoms with van der Waals surface area (Å²) in [4.78, 5) is 4.72. The van der Waals surface area contributed by atoms with Gasteiger partial charge in [-0.3, -0.25) is 9.67 Å². The highest BCUT2D eigenvalue weighted by atomic mass is 15.3. The molecule has 3 heteroatoms. The lowest BCUT2D eigenvalue weighted by Gasteiger charge is -2.17. The summed E-state index contributed by atoms with van der Waals surface area (Å²) in [6.07, 6.45) is 4.32. The average molecular weight is 255 g/mol. The van der Waals surface area contributed by atoms with E-state index in [0.717, 1.165) is 18.9 Å². The number of hydrogen-bond donors (Lipinski definition) is 0. The molecule has 1 aromatic heterocycles. The molecule has 0 aliphatic carbocycles. The van der Waals surface area contributed by atoms with Gasteiger partial charge in [0.2, 0.25) is 0 Å². The van der Waals surface area contributed by atoms with Gasteiger partial charge in [0.05, 0.1) is 11.7 Å². The monoisotopic (exact) mass is 255 g/mol. The van der Waals surface area contributed by atoms with Crippen LogP contribution in [-0.2, 0) is 0 Å². The van der Waals surface area contributed by atoms with Crippen LogP contribution in [0.5, 0.6) is 0 Å².